The van der Waals surface area contributed by atoms with Crippen molar-refractivity contribution in [3.05, 3.63) is 52.5 Å². The molecule has 9 heteroatoms. The van der Waals surface area contributed by atoms with Crippen molar-refractivity contribution in [3.63, 3.8) is 0 Å². The van der Waals surface area contributed by atoms with Gasteiger partial charge < -0.3 is 25.3 Å². The fraction of sp³-hybridized carbons (Fsp3) is 0.464. The van der Waals surface area contributed by atoms with Crippen LogP contribution in [0.5, 0.6) is 0 Å². The van der Waals surface area contributed by atoms with Crippen LogP contribution in [-0.2, 0) is 13.0 Å². The van der Waals surface area contributed by atoms with Gasteiger partial charge in [-0.1, -0.05) is 6.07 Å². The number of nitrogens with one attached hydrogen (secondary N) is 2. The summed E-state index contributed by atoms with van der Waals surface area (Å²) in [6.07, 6.45) is 2.75. The fourth-order valence-electron chi connectivity index (χ4n) is 4.75. The molecule has 2 aromatic heterocycles. The third-order valence-electron chi connectivity index (χ3n) is 6.81. The van der Waals surface area contributed by atoms with Crippen molar-refractivity contribution in [1.82, 2.24) is 25.1 Å². The van der Waals surface area contributed by atoms with Crippen molar-refractivity contribution >= 4 is 34.7 Å². The zero-order valence-electron chi connectivity index (χ0n) is 22.5. The Bertz CT molecular complexity index is 1270. The number of likely N-dealkylation sites (N-methyl/N-ethyl adjacent to an activating group) is 1. The molecule has 8 nitrogen and oxygen atoms in total. The van der Waals surface area contributed by atoms with Crippen LogP contribution in [0.25, 0.3) is 10.6 Å². The first-order valence-corrected chi connectivity index (χ1v) is 13.8. The number of rotatable bonds is 4. The smallest absolute Gasteiger partial charge is 0.318 e. The van der Waals surface area contributed by atoms with Crippen LogP contribution in [0.2, 0.25) is 0 Å². The van der Waals surface area contributed by atoms with Crippen LogP contribution in [-0.4, -0.2) is 71.1 Å². The minimum atomic E-state index is -0.247. The molecule has 2 aliphatic heterocycles. The Morgan fingerprint density at radius 1 is 1.08 bits per heavy atom. The number of thiophene rings is 1. The second-order valence-electron chi connectivity index (χ2n) is 11.1. The number of aromatic nitrogens is 2. The molecule has 1 fully saturated rings. The summed E-state index contributed by atoms with van der Waals surface area (Å²) in [5.74, 6) is 0.591. The predicted octanol–water partition coefficient (Wildman–Crippen LogP) is 4.88. The number of nitrogens with zero attached hydrogens (tertiary/aromatic N) is 5. The van der Waals surface area contributed by atoms with Gasteiger partial charge in [-0.15, -0.1) is 11.3 Å². The number of urea groups is 1. The fourth-order valence-corrected chi connectivity index (χ4v) is 5.97. The van der Waals surface area contributed by atoms with E-state index in [-0.39, 0.29) is 11.6 Å². The Hall–Kier alpha value is -3.17. The standard InChI is InChI=1S/C28H37N7OS/c1-19-17-29-26(30-21-7-6-8-22(16-21)34-13-11-33(5)12-14-34)31-25(19)24-15-20-18-35(10-9-23(20)37-24)27(36)32-28(2,3)4/h6-8,15-17H,9-14,18H2,1-5H3,(H,32,36)(H,29,30,31). The van der Waals surface area contributed by atoms with Crippen molar-refractivity contribution < 1.29 is 4.79 Å². The molecule has 1 saturated heterocycles. The minimum Gasteiger partial charge on any atom is -0.369 e. The molecule has 37 heavy (non-hydrogen) atoms. The first-order chi connectivity index (χ1) is 17.6. The van der Waals surface area contributed by atoms with E-state index in [1.165, 1.54) is 16.1 Å². The number of aryl methyl sites for hydroxylation is 1. The van der Waals surface area contributed by atoms with Gasteiger partial charge in [-0.25, -0.2) is 14.8 Å². The molecule has 2 N–H and O–H groups in total. The number of benzene rings is 1. The summed E-state index contributed by atoms with van der Waals surface area (Å²) in [4.78, 5) is 31.3. The lowest BCUT2D eigenvalue weighted by Gasteiger charge is -2.34. The predicted molar refractivity (Wildman–Crippen MR) is 152 cm³/mol. The number of hydrogen-bond acceptors (Lipinski definition) is 7. The van der Waals surface area contributed by atoms with Gasteiger partial charge in [0.25, 0.3) is 0 Å². The van der Waals surface area contributed by atoms with Crippen LogP contribution in [0.15, 0.2) is 36.5 Å². The molecule has 1 aromatic carbocycles. The number of fused-ring (bicyclic) bond motifs is 1. The summed E-state index contributed by atoms with van der Waals surface area (Å²) >= 11 is 1.78. The minimum absolute atomic E-state index is 0.00518. The van der Waals surface area contributed by atoms with Crippen molar-refractivity contribution in [1.29, 1.82) is 0 Å². The lowest BCUT2D eigenvalue weighted by atomic mass is 10.1. The number of carbonyl (C=O) groups excluding carboxylic acids is 1. The Kier molecular flexibility index (Phi) is 7.09. The molecule has 2 aliphatic rings. The Balaban J connectivity index is 1.32. The van der Waals surface area contributed by atoms with Crippen molar-refractivity contribution in [3.8, 4) is 10.6 Å². The maximum absolute atomic E-state index is 12.7. The van der Waals surface area contributed by atoms with E-state index in [2.05, 4.69) is 69.7 Å². The van der Waals surface area contributed by atoms with Crippen molar-refractivity contribution in [2.75, 3.05) is 50.0 Å². The highest BCUT2D eigenvalue weighted by Crippen LogP contribution is 2.36. The van der Waals surface area contributed by atoms with Gasteiger partial charge in [0.1, 0.15) is 0 Å². The molecule has 2 amide bonds. The SMILES string of the molecule is Cc1cnc(Nc2cccc(N3CCN(C)CC3)c2)nc1-c1cc2c(s1)CCN(C(=O)NC(C)(C)C)C2. The highest BCUT2D eigenvalue weighted by Gasteiger charge is 2.26. The molecule has 196 valence electrons. The van der Waals surface area contributed by atoms with E-state index in [1.807, 2.05) is 31.9 Å². The Labute approximate surface area is 223 Å². The molecule has 0 atom stereocenters. The van der Waals surface area contributed by atoms with Crippen LogP contribution in [0.1, 0.15) is 36.8 Å². The third-order valence-corrected chi connectivity index (χ3v) is 8.06. The van der Waals surface area contributed by atoms with E-state index in [0.29, 0.717) is 12.5 Å². The van der Waals surface area contributed by atoms with Crippen molar-refractivity contribution in [2.45, 2.75) is 46.2 Å². The van der Waals surface area contributed by atoms with Crippen LogP contribution in [0, 0.1) is 6.92 Å². The average molecular weight is 520 g/mol. The first-order valence-electron chi connectivity index (χ1n) is 13.0. The molecule has 5 rings (SSSR count). The summed E-state index contributed by atoms with van der Waals surface area (Å²) in [6.45, 7) is 13.6. The van der Waals surface area contributed by atoms with Gasteiger partial charge in [-0.05, 0) is 76.6 Å². The van der Waals surface area contributed by atoms with Gasteiger partial charge in [0.2, 0.25) is 5.95 Å². The maximum atomic E-state index is 12.7. The first kappa shape index (κ1) is 25.5. The zero-order valence-corrected chi connectivity index (χ0v) is 23.3. The monoisotopic (exact) mass is 519 g/mol. The summed E-state index contributed by atoms with van der Waals surface area (Å²) in [5.41, 5.74) is 5.15. The number of anilines is 3. The largest absolute Gasteiger partial charge is 0.369 e. The maximum Gasteiger partial charge on any atom is 0.318 e. The molecular formula is C28H37N7OS. The van der Waals surface area contributed by atoms with E-state index >= 15 is 0 Å². The number of carbonyl (C=O) groups is 1. The van der Waals surface area contributed by atoms with Gasteiger partial charge in [0, 0.05) is 67.3 Å². The van der Waals surface area contributed by atoms with Crippen LogP contribution < -0.4 is 15.5 Å². The van der Waals surface area contributed by atoms with E-state index in [1.54, 1.807) is 11.3 Å². The lowest BCUT2D eigenvalue weighted by molar-refractivity contribution is 0.183. The quantitative estimate of drug-likeness (QED) is 0.512. The van der Waals surface area contributed by atoms with Gasteiger partial charge in [-0.3, -0.25) is 0 Å². The molecule has 0 aliphatic carbocycles. The Morgan fingerprint density at radius 3 is 2.62 bits per heavy atom. The third kappa shape index (κ3) is 6.05. The van der Waals surface area contributed by atoms with Crippen LogP contribution in [0.3, 0.4) is 0 Å². The molecule has 0 saturated carbocycles. The second kappa shape index (κ2) is 10.3. The number of piperazine rings is 1. The molecule has 0 radical (unpaired) electrons. The van der Waals surface area contributed by atoms with E-state index in [4.69, 9.17) is 4.98 Å². The van der Waals surface area contributed by atoms with Crippen LogP contribution in [0.4, 0.5) is 22.1 Å². The molecule has 4 heterocycles. The average Bonchev–Trinajstić information content (AvgIpc) is 3.28. The van der Waals surface area contributed by atoms with Gasteiger partial charge >= 0.3 is 6.03 Å². The lowest BCUT2D eigenvalue weighted by Crippen LogP contribution is -2.49. The normalized spacial score (nSPS) is 16.5. The molecule has 0 bridgehead atoms. The highest BCUT2D eigenvalue weighted by molar-refractivity contribution is 7.15. The van der Waals surface area contributed by atoms with E-state index < -0.39 is 0 Å². The summed E-state index contributed by atoms with van der Waals surface area (Å²) in [5, 5.41) is 6.50. The second-order valence-corrected chi connectivity index (χ2v) is 12.2. The summed E-state index contributed by atoms with van der Waals surface area (Å²) in [7, 11) is 2.17. The van der Waals surface area contributed by atoms with E-state index in [9.17, 15) is 4.79 Å². The van der Waals surface area contributed by atoms with Crippen molar-refractivity contribution in [2.24, 2.45) is 0 Å². The van der Waals surface area contributed by atoms with E-state index in [0.717, 1.165) is 61.0 Å². The summed E-state index contributed by atoms with van der Waals surface area (Å²) < 4.78 is 0. The number of amides is 2. The Morgan fingerprint density at radius 2 is 1.86 bits per heavy atom. The van der Waals surface area contributed by atoms with Gasteiger partial charge in [0.15, 0.2) is 0 Å². The zero-order chi connectivity index (χ0) is 26.2. The topological polar surface area (TPSA) is 76.6 Å². The summed E-state index contributed by atoms with van der Waals surface area (Å²) in [6, 6.07) is 10.7. The molecular weight excluding hydrogens is 482 g/mol. The van der Waals surface area contributed by atoms with Crippen LogP contribution >= 0.6 is 11.3 Å². The van der Waals surface area contributed by atoms with Gasteiger partial charge in [0.05, 0.1) is 10.6 Å². The van der Waals surface area contributed by atoms with Gasteiger partial charge in [-0.2, -0.15) is 0 Å². The highest BCUT2D eigenvalue weighted by atomic mass is 32.1. The molecule has 0 spiro atoms. The molecule has 0 unspecified atom stereocenters. The molecule has 3 aromatic rings. The number of hydrogen-bond donors (Lipinski definition) is 2.